The van der Waals surface area contributed by atoms with Crippen LogP contribution < -0.4 is 4.74 Å². The maximum absolute atomic E-state index is 14.5. The van der Waals surface area contributed by atoms with Crippen LogP contribution in [0.1, 0.15) is 36.6 Å². The average Bonchev–Trinajstić information content (AvgIpc) is 2.80. The number of aliphatic hydroxyl groups is 2. The molecule has 0 bridgehead atoms. The van der Waals surface area contributed by atoms with Crippen molar-refractivity contribution in [3.63, 3.8) is 0 Å². The number of alkyl halides is 1. The van der Waals surface area contributed by atoms with Gasteiger partial charge < -0.3 is 29.2 Å². The van der Waals surface area contributed by atoms with Crippen molar-refractivity contribution in [1.29, 1.82) is 0 Å². The fourth-order valence-corrected chi connectivity index (χ4v) is 3.83. The van der Waals surface area contributed by atoms with Gasteiger partial charge >= 0.3 is 6.16 Å². The largest absolute Gasteiger partial charge is 0.508 e. The van der Waals surface area contributed by atoms with Gasteiger partial charge in [-0.3, -0.25) is 0 Å². The minimum atomic E-state index is -1.94. The van der Waals surface area contributed by atoms with Gasteiger partial charge in [-0.15, -0.1) is 0 Å². The second kappa shape index (κ2) is 11.7. The number of ether oxygens (including phenoxy) is 4. The first-order chi connectivity index (χ1) is 15.8. The van der Waals surface area contributed by atoms with E-state index in [0.717, 1.165) is 16.9 Å². The molecular weight excluding hydrogens is 455 g/mol. The molecule has 33 heavy (non-hydrogen) atoms. The molecule has 0 amide bonds. The lowest BCUT2D eigenvalue weighted by molar-refractivity contribution is -0.215. The van der Waals surface area contributed by atoms with Crippen LogP contribution in [0, 0.1) is 0 Å². The van der Waals surface area contributed by atoms with Gasteiger partial charge in [0.05, 0.1) is 13.2 Å². The SMILES string of the molecule is CCOC(=O)OCC1OC(c2ccc(Cl)c(Cc3ccc(OCC)cc3)c2)C(O)C(O)C1F. The minimum absolute atomic E-state index is 0.106. The summed E-state index contributed by atoms with van der Waals surface area (Å²) in [6.45, 7) is 3.74. The molecule has 7 nitrogen and oxygen atoms in total. The Labute approximate surface area is 197 Å². The molecule has 2 aromatic rings. The average molecular weight is 483 g/mol. The molecule has 0 aromatic heterocycles. The van der Waals surface area contributed by atoms with Crippen molar-refractivity contribution in [2.24, 2.45) is 0 Å². The molecule has 0 spiro atoms. The van der Waals surface area contributed by atoms with Crippen LogP contribution >= 0.6 is 11.6 Å². The van der Waals surface area contributed by atoms with Crippen molar-refractivity contribution in [3.05, 3.63) is 64.2 Å². The quantitative estimate of drug-likeness (QED) is 0.549. The van der Waals surface area contributed by atoms with E-state index in [2.05, 4.69) is 4.74 Å². The molecule has 1 aliphatic heterocycles. The fraction of sp³-hybridized carbons (Fsp3) is 0.458. The topological polar surface area (TPSA) is 94.5 Å². The number of carbonyl (C=O) groups is 1. The Bertz CT molecular complexity index is 924. The summed E-state index contributed by atoms with van der Waals surface area (Å²) in [4.78, 5) is 11.4. The highest BCUT2D eigenvalue weighted by Gasteiger charge is 2.46. The molecule has 2 N–H and O–H groups in total. The van der Waals surface area contributed by atoms with Crippen molar-refractivity contribution in [2.45, 2.75) is 50.9 Å². The molecule has 1 aliphatic rings. The summed E-state index contributed by atoms with van der Waals surface area (Å²) in [5.41, 5.74) is 2.28. The maximum Gasteiger partial charge on any atom is 0.508 e. The summed E-state index contributed by atoms with van der Waals surface area (Å²) in [7, 11) is 0. The predicted molar refractivity (Wildman–Crippen MR) is 119 cm³/mol. The summed E-state index contributed by atoms with van der Waals surface area (Å²) < 4.78 is 35.2. The molecule has 1 saturated heterocycles. The predicted octanol–water partition coefficient (Wildman–Crippen LogP) is 4.00. The van der Waals surface area contributed by atoms with Gasteiger partial charge in [-0.05, 0) is 55.2 Å². The van der Waals surface area contributed by atoms with E-state index in [1.165, 1.54) is 0 Å². The van der Waals surface area contributed by atoms with Gasteiger partial charge in [-0.1, -0.05) is 35.9 Å². The van der Waals surface area contributed by atoms with E-state index in [9.17, 15) is 19.4 Å². The molecule has 2 aromatic carbocycles. The highest BCUT2D eigenvalue weighted by molar-refractivity contribution is 6.31. The van der Waals surface area contributed by atoms with Crippen LogP contribution in [0.4, 0.5) is 9.18 Å². The van der Waals surface area contributed by atoms with E-state index < -0.39 is 43.3 Å². The number of rotatable bonds is 8. The van der Waals surface area contributed by atoms with Crippen molar-refractivity contribution >= 4 is 17.8 Å². The normalized spacial score (nSPS) is 24.8. The minimum Gasteiger partial charge on any atom is -0.494 e. The zero-order chi connectivity index (χ0) is 24.0. The molecule has 0 aliphatic carbocycles. The van der Waals surface area contributed by atoms with E-state index >= 15 is 0 Å². The summed E-state index contributed by atoms with van der Waals surface area (Å²) in [6, 6.07) is 12.7. The zero-order valence-corrected chi connectivity index (χ0v) is 19.2. The lowest BCUT2D eigenvalue weighted by Gasteiger charge is -2.39. The second-order valence-corrected chi connectivity index (χ2v) is 8.03. The number of hydrogen-bond donors (Lipinski definition) is 2. The summed E-state index contributed by atoms with van der Waals surface area (Å²) in [6.07, 6.45) is -7.95. The van der Waals surface area contributed by atoms with E-state index in [4.69, 9.17) is 25.8 Å². The van der Waals surface area contributed by atoms with E-state index in [0.29, 0.717) is 23.6 Å². The molecule has 5 unspecified atom stereocenters. The second-order valence-electron chi connectivity index (χ2n) is 7.62. The third kappa shape index (κ3) is 6.35. The van der Waals surface area contributed by atoms with Gasteiger partial charge in [0.2, 0.25) is 0 Å². The summed E-state index contributed by atoms with van der Waals surface area (Å²) >= 11 is 6.39. The van der Waals surface area contributed by atoms with Crippen molar-refractivity contribution in [3.8, 4) is 5.75 Å². The van der Waals surface area contributed by atoms with Gasteiger partial charge in [0.15, 0.2) is 6.17 Å². The van der Waals surface area contributed by atoms with Crippen LogP contribution in [0.25, 0.3) is 0 Å². The molecule has 9 heteroatoms. The third-order valence-electron chi connectivity index (χ3n) is 5.32. The van der Waals surface area contributed by atoms with Crippen LogP contribution in [-0.2, 0) is 20.6 Å². The first-order valence-electron chi connectivity index (χ1n) is 10.8. The monoisotopic (exact) mass is 482 g/mol. The Morgan fingerprint density at radius 1 is 1.06 bits per heavy atom. The number of benzene rings is 2. The Morgan fingerprint density at radius 2 is 1.79 bits per heavy atom. The maximum atomic E-state index is 14.5. The van der Waals surface area contributed by atoms with Crippen molar-refractivity contribution < 1.29 is 38.3 Å². The standard InChI is InChI=1S/C24H28ClFO7/c1-3-30-17-8-5-14(6-9-17)11-16-12-15(7-10-18(16)25)23-22(28)21(27)20(26)19(33-23)13-32-24(29)31-4-2/h5-10,12,19-23,27-28H,3-4,11,13H2,1-2H3. The van der Waals surface area contributed by atoms with E-state index in [1.54, 1.807) is 25.1 Å². The van der Waals surface area contributed by atoms with Gasteiger partial charge in [-0.2, -0.15) is 0 Å². The highest BCUT2D eigenvalue weighted by atomic mass is 35.5. The zero-order valence-electron chi connectivity index (χ0n) is 18.4. The van der Waals surface area contributed by atoms with Gasteiger partial charge in [0, 0.05) is 5.02 Å². The Balaban J connectivity index is 1.77. The fourth-order valence-electron chi connectivity index (χ4n) is 3.65. The lowest BCUT2D eigenvalue weighted by Crippen LogP contribution is -2.53. The van der Waals surface area contributed by atoms with Crippen LogP contribution in [0.5, 0.6) is 5.75 Å². The molecule has 1 heterocycles. The Hall–Kier alpha value is -2.39. The van der Waals surface area contributed by atoms with E-state index in [-0.39, 0.29) is 6.61 Å². The molecule has 0 saturated carbocycles. The number of aliphatic hydroxyl groups excluding tert-OH is 2. The summed E-state index contributed by atoms with van der Waals surface area (Å²) in [5, 5.41) is 21.2. The van der Waals surface area contributed by atoms with Crippen LogP contribution in [0.2, 0.25) is 5.02 Å². The number of hydrogen-bond acceptors (Lipinski definition) is 7. The summed E-state index contributed by atoms with van der Waals surface area (Å²) in [5.74, 6) is 0.769. The van der Waals surface area contributed by atoms with Crippen LogP contribution in [-0.4, -0.2) is 60.7 Å². The molecule has 180 valence electrons. The smallest absolute Gasteiger partial charge is 0.494 e. The van der Waals surface area contributed by atoms with Crippen LogP contribution in [0.3, 0.4) is 0 Å². The van der Waals surface area contributed by atoms with Gasteiger partial charge in [0.1, 0.15) is 36.8 Å². The molecule has 3 rings (SSSR count). The van der Waals surface area contributed by atoms with Gasteiger partial charge in [0.25, 0.3) is 0 Å². The third-order valence-corrected chi connectivity index (χ3v) is 5.69. The van der Waals surface area contributed by atoms with E-state index in [1.807, 2.05) is 31.2 Å². The van der Waals surface area contributed by atoms with Crippen molar-refractivity contribution in [1.82, 2.24) is 0 Å². The molecule has 0 radical (unpaired) electrons. The first-order valence-corrected chi connectivity index (χ1v) is 11.2. The highest BCUT2D eigenvalue weighted by Crippen LogP contribution is 2.35. The van der Waals surface area contributed by atoms with Gasteiger partial charge in [-0.25, -0.2) is 9.18 Å². The first kappa shape index (κ1) is 25.2. The van der Waals surface area contributed by atoms with Crippen molar-refractivity contribution in [2.75, 3.05) is 19.8 Å². The number of carbonyl (C=O) groups excluding carboxylic acids is 1. The Kier molecular flexibility index (Phi) is 8.91. The molecule has 1 fully saturated rings. The molecule has 5 atom stereocenters. The Morgan fingerprint density at radius 3 is 2.45 bits per heavy atom. The number of halogens is 2. The van der Waals surface area contributed by atoms with Crippen LogP contribution in [0.15, 0.2) is 42.5 Å². The molecular formula is C24H28ClFO7. The lowest BCUT2D eigenvalue weighted by atomic mass is 9.90.